The molecule has 2 nitrogen and oxygen atoms in total. The summed E-state index contributed by atoms with van der Waals surface area (Å²) in [4.78, 5) is 9.58. The van der Waals surface area contributed by atoms with E-state index in [1.54, 1.807) is 29.5 Å². The smallest absolute Gasteiger partial charge is 0.142 e. The third kappa shape index (κ3) is 3.07. The molecular weight excluding hydrogens is 330 g/mol. The summed E-state index contributed by atoms with van der Waals surface area (Å²) in [6.07, 6.45) is 0.550. The highest BCUT2D eigenvalue weighted by atomic mass is 35.5. The summed E-state index contributed by atoms with van der Waals surface area (Å²) in [5.41, 5.74) is 0.626. The van der Waals surface area contributed by atoms with E-state index in [1.165, 1.54) is 6.07 Å². The standard InChI is InChI=1S/C15H9Cl2FN2S/c16-14-13(10-5-1-2-6-11(10)18)15(17)20-12(19-14)8-9-4-3-7-21-9/h1-7H,8H2. The number of rotatable bonds is 3. The van der Waals surface area contributed by atoms with Crippen molar-refractivity contribution in [2.45, 2.75) is 6.42 Å². The zero-order chi connectivity index (χ0) is 14.8. The van der Waals surface area contributed by atoms with Crippen molar-refractivity contribution in [2.24, 2.45) is 0 Å². The molecule has 21 heavy (non-hydrogen) atoms. The van der Waals surface area contributed by atoms with Gasteiger partial charge in [0.15, 0.2) is 0 Å². The number of aromatic nitrogens is 2. The van der Waals surface area contributed by atoms with Gasteiger partial charge in [-0.2, -0.15) is 0 Å². The van der Waals surface area contributed by atoms with Gasteiger partial charge in [-0.25, -0.2) is 14.4 Å². The van der Waals surface area contributed by atoms with Crippen molar-refractivity contribution >= 4 is 34.5 Å². The summed E-state index contributed by atoms with van der Waals surface area (Å²) >= 11 is 14.0. The predicted octanol–water partition coefficient (Wildman–Crippen LogP) is 5.24. The normalized spacial score (nSPS) is 10.8. The molecule has 6 heteroatoms. The average Bonchev–Trinajstić information content (AvgIpc) is 2.93. The first-order chi connectivity index (χ1) is 10.1. The number of nitrogens with zero attached hydrogens (tertiary/aromatic N) is 2. The topological polar surface area (TPSA) is 25.8 Å². The largest absolute Gasteiger partial charge is 0.220 e. The summed E-state index contributed by atoms with van der Waals surface area (Å²) in [6, 6.07) is 10.2. The molecule has 0 N–H and O–H groups in total. The quantitative estimate of drug-likeness (QED) is 0.610. The van der Waals surface area contributed by atoms with Crippen molar-refractivity contribution in [3.05, 3.63) is 68.6 Å². The monoisotopic (exact) mass is 338 g/mol. The van der Waals surface area contributed by atoms with Gasteiger partial charge in [0, 0.05) is 16.9 Å². The molecule has 0 spiro atoms. The van der Waals surface area contributed by atoms with Crippen LogP contribution in [0.25, 0.3) is 11.1 Å². The van der Waals surface area contributed by atoms with E-state index in [2.05, 4.69) is 9.97 Å². The van der Waals surface area contributed by atoms with Gasteiger partial charge in [-0.3, -0.25) is 0 Å². The van der Waals surface area contributed by atoms with Crippen LogP contribution in [-0.2, 0) is 6.42 Å². The van der Waals surface area contributed by atoms with Crippen LogP contribution in [0.15, 0.2) is 41.8 Å². The molecule has 0 fully saturated rings. The molecule has 0 aliphatic carbocycles. The maximum Gasteiger partial charge on any atom is 0.142 e. The van der Waals surface area contributed by atoms with Crippen molar-refractivity contribution in [3.8, 4) is 11.1 Å². The van der Waals surface area contributed by atoms with Gasteiger partial charge >= 0.3 is 0 Å². The minimum atomic E-state index is -0.407. The van der Waals surface area contributed by atoms with Crippen molar-refractivity contribution in [1.29, 1.82) is 0 Å². The average molecular weight is 339 g/mol. The molecule has 3 aromatic rings. The Kier molecular flexibility index (Phi) is 4.19. The molecule has 0 bridgehead atoms. The molecule has 0 unspecified atom stereocenters. The molecule has 0 saturated heterocycles. The summed E-state index contributed by atoms with van der Waals surface area (Å²) in [5.74, 6) is 0.114. The van der Waals surface area contributed by atoms with Crippen LogP contribution < -0.4 is 0 Å². The Balaban J connectivity index is 2.03. The molecule has 106 valence electrons. The van der Waals surface area contributed by atoms with E-state index in [1.807, 2.05) is 17.5 Å². The van der Waals surface area contributed by atoms with Gasteiger partial charge in [0.1, 0.15) is 21.9 Å². The molecule has 0 amide bonds. The van der Waals surface area contributed by atoms with Gasteiger partial charge in [0.05, 0.1) is 5.56 Å². The number of halogens is 3. The van der Waals surface area contributed by atoms with Crippen LogP contribution >= 0.6 is 34.5 Å². The Morgan fingerprint density at radius 2 is 1.71 bits per heavy atom. The highest BCUT2D eigenvalue weighted by Crippen LogP contribution is 2.34. The summed E-state index contributed by atoms with van der Waals surface area (Å²) in [5, 5.41) is 2.30. The predicted molar refractivity (Wildman–Crippen MR) is 84.6 cm³/mol. The van der Waals surface area contributed by atoms with Gasteiger partial charge in [-0.05, 0) is 17.5 Å². The molecule has 0 aliphatic rings. The Morgan fingerprint density at radius 3 is 2.33 bits per heavy atom. The molecule has 0 atom stereocenters. The van der Waals surface area contributed by atoms with E-state index in [0.717, 1.165) is 4.88 Å². The highest BCUT2D eigenvalue weighted by Gasteiger charge is 2.16. The first kappa shape index (κ1) is 14.4. The number of hydrogen-bond donors (Lipinski definition) is 0. The minimum Gasteiger partial charge on any atom is -0.220 e. The van der Waals surface area contributed by atoms with Crippen molar-refractivity contribution in [3.63, 3.8) is 0 Å². The van der Waals surface area contributed by atoms with Crippen LogP contribution in [0.5, 0.6) is 0 Å². The van der Waals surface area contributed by atoms with E-state index < -0.39 is 5.82 Å². The van der Waals surface area contributed by atoms with Crippen LogP contribution in [0.3, 0.4) is 0 Å². The molecule has 0 radical (unpaired) electrons. The van der Waals surface area contributed by atoms with E-state index in [4.69, 9.17) is 23.2 Å². The molecule has 2 aromatic heterocycles. The molecule has 0 saturated carbocycles. The number of benzene rings is 1. The second-order valence-electron chi connectivity index (χ2n) is 4.33. The van der Waals surface area contributed by atoms with Crippen molar-refractivity contribution in [1.82, 2.24) is 9.97 Å². The molecular formula is C15H9Cl2FN2S. The number of thiophene rings is 1. The van der Waals surface area contributed by atoms with Crippen LogP contribution in [0, 0.1) is 5.82 Å². The maximum absolute atomic E-state index is 13.9. The fraction of sp³-hybridized carbons (Fsp3) is 0.0667. The summed E-state index contributed by atoms with van der Waals surface area (Å²) in [7, 11) is 0. The van der Waals surface area contributed by atoms with Gasteiger partial charge in [0.2, 0.25) is 0 Å². The van der Waals surface area contributed by atoms with Crippen LogP contribution in [0.1, 0.15) is 10.7 Å². The van der Waals surface area contributed by atoms with Crippen LogP contribution in [-0.4, -0.2) is 9.97 Å². The van der Waals surface area contributed by atoms with E-state index >= 15 is 0 Å². The lowest BCUT2D eigenvalue weighted by Crippen LogP contribution is -1.99. The van der Waals surface area contributed by atoms with E-state index in [-0.39, 0.29) is 10.3 Å². The lowest BCUT2D eigenvalue weighted by atomic mass is 10.1. The van der Waals surface area contributed by atoms with Gasteiger partial charge in [-0.1, -0.05) is 47.5 Å². The summed E-state index contributed by atoms with van der Waals surface area (Å²) < 4.78 is 13.9. The van der Waals surface area contributed by atoms with Crippen LogP contribution in [0.2, 0.25) is 10.3 Å². The Hall–Kier alpha value is -1.49. The summed E-state index contributed by atoms with van der Waals surface area (Å²) in [6.45, 7) is 0. The fourth-order valence-corrected chi connectivity index (χ4v) is 3.31. The number of hydrogen-bond acceptors (Lipinski definition) is 3. The molecule has 2 heterocycles. The third-order valence-corrected chi connectivity index (χ3v) is 4.35. The maximum atomic E-state index is 13.9. The Morgan fingerprint density at radius 1 is 1.00 bits per heavy atom. The lowest BCUT2D eigenvalue weighted by molar-refractivity contribution is 0.631. The van der Waals surface area contributed by atoms with Gasteiger partial charge < -0.3 is 0 Å². The van der Waals surface area contributed by atoms with E-state index in [9.17, 15) is 4.39 Å². The Bertz CT molecular complexity index is 752. The zero-order valence-corrected chi connectivity index (χ0v) is 13.0. The van der Waals surface area contributed by atoms with Gasteiger partial charge in [0.25, 0.3) is 0 Å². The Labute approximate surface area is 135 Å². The first-order valence-corrected chi connectivity index (χ1v) is 7.78. The van der Waals surface area contributed by atoms with E-state index in [0.29, 0.717) is 23.4 Å². The zero-order valence-electron chi connectivity index (χ0n) is 10.7. The second kappa shape index (κ2) is 6.10. The van der Waals surface area contributed by atoms with Gasteiger partial charge in [-0.15, -0.1) is 11.3 Å². The fourth-order valence-electron chi connectivity index (χ4n) is 1.98. The third-order valence-electron chi connectivity index (χ3n) is 2.92. The van der Waals surface area contributed by atoms with Crippen molar-refractivity contribution < 1.29 is 4.39 Å². The minimum absolute atomic E-state index is 0.159. The van der Waals surface area contributed by atoms with Crippen LogP contribution in [0.4, 0.5) is 4.39 Å². The first-order valence-electron chi connectivity index (χ1n) is 6.14. The SMILES string of the molecule is Fc1ccccc1-c1c(Cl)nc(Cc2cccs2)nc1Cl. The lowest BCUT2D eigenvalue weighted by Gasteiger charge is -2.09. The van der Waals surface area contributed by atoms with Crippen molar-refractivity contribution in [2.75, 3.05) is 0 Å². The second-order valence-corrected chi connectivity index (χ2v) is 6.08. The highest BCUT2D eigenvalue weighted by molar-refractivity contribution is 7.09. The molecule has 1 aromatic carbocycles. The molecule has 0 aliphatic heterocycles. The molecule has 3 rings (SSSR count).